The highest BCUT2D eigenvalue weighted by molar-refractivity contribution is 5.86. The Balaban J connectivity index is 0.000000434. The fraction of sp³-hybridized carbons (Fsp3) is 0.467. The van der Waals surface area contributed by atoms with Crippen LogP contribution in [0.5, 0.6) is 0 Å². The molecule has 0 aromatic heterocycles. The summed E-state index contributed by atoms with van der Waals surface area (Å²) in [6, 6.07) is 17.5. The summed E-state index contributed by atoms with van der Waals surface area (Å²) in [6.45, 7) is 21.5. The number of hydrogen-bond acceptors (Lipinski definition) is 0. The summed E-state index contributed by atoms with van der Waals surface area (Å²) in [5.41, 5.74) is 8.45. The van der Waals surface area contributed by atoms with Gasteiger partial charge < -0.3 is 0 Å². The average molecular weight is 407 g/mol. The lowest BCUT2D eigenvalue weighted by atomic mass is 9.99. The minimum Gasteiger partial charge on any atom is -0.0683 e. The smallest absolute Gasteiger partial charge is 0.0155 e. The van der Waals surface area contributed by atoms with Gasteiger partial charge in [0.2, 0.25) is 0 Å². The van der Waals surface area contributed by atoms with E-state index in [1.807, 2.05) is 13.8 Å². The van der Waals surface area contributed by atoms with Crippen molar-refractivity contribution in [1.29, 1.82) is 0 Å². The number of benzene rings is 3. The maximum Gasteiger partial charge on any atom is -0.0155 e. The lowest BCUT2D eigenvalue weighted by molar-refractivity contribution is 0.772. The number of aryl methyl sites for hydroxylation is 5. The van der Waals surface area contributed by atoms with E-state index in [2.05, 4.69) is 104 Å². The largest absolute Gasteiger partial charge is 0.0683 e. The van der Waals surface area contributed by atoms with E-state index in [0.29, 0.717) is 0 Å². The van der Waals surface area contributed by atoms with Crippen LogP contribution < -0.4 is 0 Å². The molecule has 30 heavy (non-hydrogen) atoms. The molecule has 0 atom stereocenters. The summed E-state index contributed by atoms with van der Waals surface area (Å²) >= 11 is 0. The van der Waals surface area contributed by atoms with Crippen LogP contribution >= 0.6 is 0 Å². The van der Waals surface area contributed by atoms with Gasteiger partial charge in [-0.2, -0.15) is 0 Å². The van der Waals surface area contributed by atoms with Crippen molar-refractivity contribution in [2.75, 3.05) is 0 Å². The second kappa shape index (κ2) is 15.7. The first-order valence-electron chi connectivity index (χ1n) is 11.9. The van der Waals surface area contributed by atoms with Crippen LogP contribution in [0, 0.1) is 34.6 Å². The Kier molecular flexibility index (Phi) is 14.6. The number of hydrogen-bond donors (Lipinski definition) is 0. The summed E-state index contributed by atoms with van der Waals surface area (Å²) in [5, 5.41) is 2.71. The molecule has 0 unspecified atom stereocenters. The molecular formula is C30H46. The van der Waals surface area contributed by atoms with Gasteiger partial charge in [0, 0.05) is 0 Å². The summed E-state index contributed by atoms with van der Waals surface area (Å²) < 4.78 is 0. The maximum atomic E-state index is 2.28. The van der Waals surface area contributed by atoms with Crippen LogP contribution in [0.3, 0.4) is 0 Å². The molecule has 0 bridgehead atoms. The zero-order valence-corrected chi connectivity index (χ0v) is 21.4. The first-order valence-corrected chi connectivity index (χ1v) is 11.9. The third-order valence-electron chi connectivity index (χ3n) is 5.22. The third-order valence-corrected chi connectivity index (χ3v) is 5.22. The van der Waals surface area contributed by atoms with Crippen molar-refractivity contribution in [3.05, 3.63) is 81.9 Å². The van der Waals surface area contributed by atoms with Gasteiger partial charge in [-0.15, -0.1) is 0 Å². The SMILES string of the molecule is CC.CCCCC.CCc1cc(C)cc(C)c1C.Cc1cc(C)c2ccccc2c1. The van der Waals surface area contributed by atoms with Gasteiger partial charge in [0.25, 0.3) is 0 Å². The van der Waals surface area contributed by atoms with E-state index in [-0.39, 0.29) is 0 Å². The first-order chi connectivity index (χ1) is 14.3. The second-order valence-corrected chi connectivity index (χ2v) is 7.88. The van der Waals surface area contributed by atoms with Crippen molar-refractivity contribution >= 4 is 10.8 Å². The highest BCUT2D eigenvalue weighted by Gasteiger charge is 1.99. The fourth-order valence-corrected chi connectivity index (χ4v) is 3.54. The van der Waals surface area contributed by atoms with Gasteiger partial charge in [-0.3, -0.25) is 0 Å². The molecule has 166 valence electrons. The lowest BCUT2D eigenvalue weighted by Gasteiger charge is -2.07. The quantitative estimate of drug-likeness (QED) is 0.406. The molecule has 0 amide bonds. The maximum absolute atomic E-state index is 2.28. The minimum atomic E-state index is 1.15. The van der Waals surface area contributed by atoms with Crippen molar-refractivity contribution in [3.8, 4) is 0 Å². The Morgan fingerprint density at radius 3 is 1.70 bits per heavy atom. The predicted octanol–water partition coefficient (Wildman–Crippen LogP) is 9.85. The zero-order chi connectivity index (χ0) is 23.1. The van der Waals surface area contributed by atoms with Gasteiger partial charge in [0.1, 0.15) is 0 Å². The highest BCUT2D eigenvalue weighted by Crippen LogP contribution is 2.19. The molecule has 3 aromatic rings. The van der Waals surface area contributed by atoms with Crippen LogP contribution in [-0.2, 0) is 6.42 Å². The van der Waals surface area contributed by atoms with Crippen LogP contribution in [0.2, 0.25) is 0 Å². The van der Waals surface area contributed by atoms with E-state index in [1.165, 1.54) is 63.4 Å². The van der Waals surface area contributed by atoms with Crippen molar-refractivity contribution in [1.82, 2.24) is 0 Å². The lowest BCUT2D eigenvalue weighted by Crippen LogP contribution is -1.91. The molecule has 0 aliphatic carbocycles. The summed E-state index contributed by atoms with van der Waals surface area (Å²) in [7, 11) is 0. The van der Waals surface area contributed by atoms with Crippen LogP contribution in [0.1, 0.15) is 87.3 Å². The molecular weight excluding hydrogens is 360 g/mol. The van der Waals surface area contributed by atoms with Crippen molar-refractivity contribution in [2.45, 2.75) is 94.9 Å². The standard InChI is InChI=1S/C12H12.C11H16.C5H12.C2H6/c1-9-7-10(2)12-6-4-3-5-11(12)8-9;1-5-11-7-8(2)6-9(3)10(11)4;1-3-5-4-2;1-2/h3-8H,1-2H3;6-7H,5H2,1-4H3;3-5H2,1-2H3;1-2H3. The zero-order valence-electron chi connectivity index (χ0n) is 21.4. The fourth-order valence-electron chi connectivity index (χ4n) is 3.54. The van der Waals surface area contributed by atoms with E-state index in [9.17, 15) is 0 Å². The van der Waals surface area contributed by atoms with E-state index in [4.69, 9.17) is 0 Å². The summed E-state index contributed by atoms with van der Waals surface area (Å²) in [4.78, 5) is 0. The van der Waals surface area contributed by atoms with Gasteiger partial charge in [-0.25, -0.2) is 0 Å². The molecule has 0 N–H and O–H groups in total. The topological polar surface area (TPSA) is 0 Å². The third kappa shape index (κ3) is 9.61. The molecule has 0 heterocycles. The molecule has 3 aromatic carbocycles. The molecule has 0 saturated heterocycles. The molecule has 3 rings (SSSR count). The van der Waals surface area contributed by atoms with E-state index < -0.39 is 0 Å². The molecule has 0 nitrogen and oxygen atoms in total. The van der Waals surface area contributed by atoms with E-state index in [1.54, 1.807) is 0 Å². The number of rotatable bonds is 3. The van der Waals surface area contributed by atoms with Crippen molar-refractivity contribution < 1.29 is 0 Å². The van der Waals surface area contributed by atoms with E-state index >= 15 is 0 Å². The Morgan fingerprint density at radius 1 is 0.633 bits per heavy atom. The van der Waals surface area contributed by atoms with Crippen LogP contribution in [0.4, 0.5) is 0 Å². The van der Waals surface area contributed by atoms with Crippen molar-refractivity contribution in [3.63, 3.8) is 0 Å². The Bertz CT molecular complexity index is 853. The average Bonchev–Trinajstić information content (AvgIpc) is 2.73. The monoisotopic (exact) mass is 406 g/mol. The summed E-state index contributed by atoms with van der Waals surface area (Å²) in [6.07, 6.45) is 5.22. The molecule has 0 heteroatoms. The van der Waals surface area contributed by atoms with Gasteiger partial charge in [-0.1, -0.05) is 114 Å². The van der Waals surface area contributed by atoms with Gasteiger partial charge in [0.15, 0.2) is 0 Å². The highest BCUT2D eigenvalue weighted by atomic mass is 14.0. The first kappa shape index (κ1) is 27.9. The Morgan fingerprint density at radius 2 is 1.17 bits per heavy atom. The van der Waals surface area contributed by atoms with Crippen LogP contribution in [-0.4, -0.2) is 0 Å². The van der Waals surface area contributed by atoms with E-state index in [0.717, 1.165) is 6.42 Å². The molecule has 0 aliphatic heterocycles. The predicted molar refractivity (Wildman–Crippen MR) is 140 cm³/mol. The Hall–Kier alpha value is -2.08. The Labute approximate surface area is 187 Å². The molecule has 0 fully saturated rings. The minimum absolute atomic E-state index is 1.15. The number of fused-ring (bicyclic) bond motifs is 1. The summed E-state index contributed by atoms with van der Waals surface area (Å²) in [5.74, 6) is 0. The second-order valence-electron chi connectivity index (χ2n) is 7.88. The van der Waals surface area contributed by atoms with Crippen molar-refractivity contribution in [2.24, 2.45) is 0 Å². The molecule has 0 aliphatic rings. The van der Waals surface area contributed by atoms with Gasteiger partial charge >= 0.3 is 0 Å². The number of unbranched alkanes of at least 4 members (excludes halogenated alkanes) is 2. The normalized spacial score (nSPS) is 9.53. The molecule has 0 spiro atoms. The van der Waals surface area contributed by atoms with Gasteiger partial charge in [-0.05, 0) is 74.1 Å². The van der Waals surface area contributed by atoms with Crippen LogP contribution in [0.15, 0.2) is 48.5 Å². The van der Waals surface area contributed by atoms with Crippen LogP contribution in [0.25, 0.3) is 10.8 Å². The van der Waals surface area contributed by atoms with Gasteiger partial charge in [0.05, 0.1) is 0 Å². The molecule has 0 saturated carbocycles. The molecule has 0 radical (unpaired) electrons.